The van der Waals surface area contributed by atoms with E-state index in [0.717, 1.165) is 30.0 Å². The van der Waals surface area contributed by atoms with Gasteiger partial charge in [0, 0.05) is 19.3 Å². The van der Waals surface area contributed by atoms with Crippen molar-refractivity contribution in [2.45, 2.75) is 20.0 Å². The molecule has 0 saturated carbocycles. The summed E-state index contributed by atoms with van der Waals surface area (Å²) in [6, 6.07) is 14.3. The first-order valence-electron chi connectivity index (χ1n) is 6.52. The zero-order valence-corrected chi connectivity index (χ0v) is 11.5. The SMILES string of the molecule is Cc1cc(CO)cc(N(C)CCc2ccccc2)n1. The van der Waals surface area contributed by atoms with Crippen LogP contribution in [0.3, 0.4) is 0 Å². The van der Waals surface area contributed by atoms with Crippen LogP contribution in [0.5, 0.6) is 0 Å². The zero-order valence-electron chi connectivity index (χ0n) is 11.5. The van der Waals surface area contributed by atoms with Gasteiger partial charge in [0.15, 0.2) is 0 Å². The Balaban J connectivity index is 2.03. The monoisotopic (exact) mass is 256 g/mol. The van der Waals surface area contributed by atoms with Gasteiger partial charge in [0.1, 0.15) is 5.82 Å². The van der Waals surface area contributed by atoms with Crippen LogP contribution < -0.4 is 4.90 Å². The average Bonchev–Trinajstić information content (AvgIpc) is 2.45. The summed E-state index contributed by atoms with van der Waals surface area (Å²) in [5.41, 5.74) is 3.17. The summed E-state index contributed by atoms with van der Waals surface area (Å²) in [5.74, 6) is 0.917. The minimum Gasteiger partial charge on any atom is -0.392 e. The number of rotatable bonds is 5. The van der Waals surface area contributed by atoms with Crippen molar-refractivity contribution >= 4 is 5.82 Å². The Morgan fingerprint density at radius 2 is 1.84 bits per heavy atom. The van der Waals surface area contributed by atoms with Crippen LogP contribution in [-0.2, 0) is 13.0 Å². The van der Waals surface area contributed by atoms with E-state index in [9.17, 15) is 5.11 Å². The number of hydrogen-bond acceptors (Lipinski definition) is 3. The molecule has 0 aliphatic carbocycles. The molecule has 0 spiro atoms. The van der Waals surface area contributed by atoms with Crippen LogP contribution in [0.2, 0.25) is 0 Å². The van der Waals surface area contributed by atoms with Crippen molar-refractivity contribution in [1.82, 2.24) is 4.98 Å². The smallest absolute Gasteiger partial charge is 0.128 e. The van der Waals surface area contributed by atoms with Gasteiger partial charge < -0.3 is 10.0 Å². The number of pyridine rings is 1. The fourth-order valence-corrected chi connectivity index (χ4v) is 2.06. The van der Waals surface area contributed by atoms with E-state index in [-0.39, 0.29) is 6.61 Å². The lowest BCUT2D eigenvalue weighted by Crippen LogP contribution is -2.21. The van der Waals surface area contributed by atoms with Crippen LogP contribution in [0.15, 0.2) is 42.5 Å². The summed E-state index contributed by atoms with van der Waals surface area (Å²) in [6.07, 6.45) is 0.988. The highest BCUT2D eigenvalue weighted by Gasteiger charge is 2.05. The molecule has 100 valence electrons. The number of aliphatic hydroxyl groups excluding tert-OH is 1. The number of benzene rings is 1. The Morgan fingerprint density at radius 1 is 1.11 bits per heavy atom. The van der Waals surface area contributed by atoms with Gasteiger partial charge in [-0.05, 0) is 36.6 Å². The summed E-state index contributed by atoms with van der Waals surface area (Å²) in [7, 11) is 2.03. The van der Waals surface area contributed by atoms with Crippen LogP contribution in [0.1, 0.15) is 16.8 Å². The number of aromatic nitrogens is 1. The maximum Gasteiger partial charge on any atom is 0.128 e. The van der Waals surface area contributed by atoms with Crippen LogP contribution in [0.4, 0.5) is 5.82 Å². The van der Waals surface area contributed by atoms with Gasteiger partial charge in [0.2, 0.25) is 0 Å². The molecular weight excluding hydrogens is 236 g/mol. The molecule has 1 N–H and O–H groups in total. The van der Waals surface area contributed by atoms with E-state index < -0.39 is 0 Å². The third-order valence-corrected chi connectivity index (χ3v) is 3.15. The van der Waals surface area contributed by atoms with Gasteiger partial charge in [-0.1, -0.05) is 30.3 Å². The summed E-state index contributed by atoms with van der Waals surface area (Å²) < 4.78 is 0. The van der Waals surface area contributed by atoms with Crippen molar-refractivity contribution in [3.8, 4) is 0 Å². The van der Waals surface area contributed by atoms with Crippen molar-refractivity contribution in [1.29, 1.82) is 0 Å². The number of hydrogen-bond donors (Lipinski definition) is 1. The van der Waals surface area contributed by atoms with Gasteiger partial charge in [-0.15, -0.1) is 0 Å². The molecule has 3 heteroatoms. The second-order valence-electron chi connectivity index (χ2n) is 4.79. The Morgan fingerprint density at radius 3 is 2.53 bits per heavy atom. The minimum absolute atomic E-state index is 0.0584. The van der Waals surface area contributed by atoms with E-state index in [0.29, 0.717) is 0 Å². The molecule has 19 heavy (non-hydrogen) atoms. The first kappa shape index (κ1) is 13.6. The molecule has 2 rings (SSSR count). The fraction of sp³-hybridized carbons (Fsp3) is 0.312. The average molecular weight is 256 g/mol. The topological polar surface area (TPSA) is 36.4 Å². The van der Waals surface area contributed by atoms with Gasteiger partial charge in [-0.3, -0.25) is 0 Å². The third kappa shape index (κ3) is 3.80. The summed E-state index contributed by atoms with van der Waals surface area (Å²) in [6.45, 7) is 2.92. The van der Waals surface area contributed by atoms with Gasteiger partial charge in [0.05, 0.1) is 6.61 Å². The molecule has 0 atom stereocenters. The Bertz CT molecular complexity index is 526. The molecule has 0 aliphatic heterocycles. The van der Waals surface area contributed by atoms with Crippen molar-refractivity contribution < 1.29 is 5.11 Å². The van der Waals surface area contributed by atoms with Gasteiger partial charge in [-0.2, -0.15) is 0 Å². The second-order valence-corrected chi connectivity index (χ2v) is 4.79. The molecule has 0 aliphatic rings. The van der Waals surface area contributed by atoms with Crippen molar-refractivity contribution in [3.63, 3.8) is 0 Å². The number of likely N-dealkylation sites (N-methyl/N-ethyl adjacent to an activating group) is 1. The number of aryl methyl sites for hydroxylation is 1. The molecule has 0 unspecified atom stereocenters. The highest BCUT2D eigenvalue weighted by Crippen LogP contribution is 2.14. The third-order valence-electron chi connectivity index (χ3n) is 3.15. The summed E-state index contributed by atoms with van der Waals surface area (Å²) in [4.78, 5) is 6.63. The van der Waals surface area contributed by atoms with E-state index in [1.807, 2.05) is 32.2 Å². The molecule has 3 nitrogen and oxygen atoms in total. The van der Waals surface area contributed by atoms with Gasteiger partial charge in [0.25, 0.3) is 0 Å². The zero-order chi connectivity index (χ0) is 13.7. The van der Waals surface area contributed by atoms with Crippen molar-refractivity contribution in [3.05, 3.63) is 59.3 Å². The molecule has 0 bridgehead atoms. The van der Waals surface area contributed by atoms with E-state index in [1.54, 1.807) is 0 Å². The van der Waals surface area contributed by atoms with Crippen LogP contribution >= 0.6 is 0 Å². The van der Waals surface area contributed by atoms with Gasteiger partial charge >= 0.3 is 0 Å². The molecule has 1 heterocycles. The Kier molecular flexibility index (Phi) is 4.53. The standard InChI is InChI=1S/C16H20N2O/c1-13-10-15(12-19)11-16(17-13)18(2)9-8-14-6-4-3-5-7-14/h3-7,10-11,19H,8-9,12H2,1-2H3. The Hall–Kier alpha value is -1.87. The summed E-state index contributed by atoms with van der Waals surface area (Å²) >= 11 is 0. The van der Waals surface area contributed by atoms with Gasteiger partial charge in [-0.25, -0.2) is 4.98 Å². The van der Waals surface area contributed by atoms with Crippen LogP contribution in [-0.4, -0.2) is 23.7 Å². The minimum atomic E-state index is 0.0584. The predicted molar refractivity (Wildman–Crippen MR) is 78.3 cm³/mol. The normalized spacial score (nSPS) is 10.5. The lowest BCUT2D eigenvalue weighted by atomic mass is 10.1. The first-order chi connectivity index (χ1) is 9.19. The molecule has 1 aromatic heterocycles. The van der Waals surface area contributed by atoms with Crippen molar-refractivity contribution in [2.24, 2.45) is 0 Å². The lowest BCUT2D eigenvalue weighted by molar-refractivity contribution is 0.281. The molecule has 1 aromatic carbocycles. The number of anilines is 1. The largest absolute Gasteiger partial charge is 0.392 e. The quantitative estimate of drug-likeness (QED) is 0.893. The molecule has 0 saturated heterocycles. The highest BCUT2D eigenvalue weighted by molar-refractivity contribution is 5.42. The molecule has 0 fully saturated rings. The number of aliphatic hydroxyl groups is 1. The first-order valence-corrected chi connectivity index (χ1v) is 6.52. The predicted octanol–water partition coefficient (Wildman–Crippen LogP) is 2.56. The van der Waals surface area contributed by atoms with E-state index in [4.69, 9.17) is 0 Å². The Labute approximate surface area is 114 Å². The number of nitrogens with zero attached hydrogens (tertiary/aromatic N) is 2. The molecule has 2 aromatic rings. The lowest BCUT2D eigenvalue weighted by Gasteiger charge is -2.19. The molecule has 0 radical (unpaired) electrons. The molecular formula is C16H20N2O. The van der Waals surface area contributed by atoms with Crippen LogP contribution in [0.25, 0.3) is 0 Å². The maximum absolute atomic E-state index is 9.23. The highest BCUT2D eigenvalue weighted by atomic mass is 16.3. The van der Waals surface area contributed by atoms with Crippen LogP contribution in [0, 0.1) is 6.92 Å². The maximum atomic E-state index is 9.23. The van der Waals surface area contributed by atoms with E-state index in [2.05, 4.69) is 34.1 Å². The second kappa shape index (κ2) is 6.34. The summed E-state index contributed by atoms with van der Waals surface area (Å²) in [5, 5.41) is 9.23. The van der Waals surface area contributed by atoms with Crippen molar-refractivity contribution in [2.75, 3.05) is 18.5 Å². The molecule has 0 amide bonds. The van der Waals surface area contributed by atoms with E-state index >= 15 is 0 Å². The fourth-order valence-electron chi connectivity index (χ4n) is 2.06. The van der Waals surface area contributed by atoms with E-state index in [1.165, 1.54) is 5.56 Å².